The van der Waals surface area contributed by atoms with E-state index in [-0.39, 0.29) is 23.5 Å². The number of methoxy groups -OCH3 is 2. The van der Waals surface area contributed by atoms with Crippen LogP contribution in [-0.2, 0) is 14.9 Å². The molecule has 0 N–H and O–H groups in total. The van der Waals surface area contributed by atoms with E-state index in [1.165, 1.54) is 12.0 Å². The van der Waals surface area contributed by atoms with Crippen molar-refractivity contribution in [1.29, 1.82) is 0 Å². The second-order valence-corrected chi connectivity index (χ2v) is 9.48. The second-order valence-electron chi connectivity index (χ2n) is 9.48. The summed E-state index contributed by atoms with van der Waals surface area (Å²) in [4.78, 5) is 18.3. The van der Waals surface area contributed by atoms with E-state index in [1.54, 1.807) is 19.8 Å². The number of nitrogens with zero attached hydrogens (tertiary/aromatic N) is 2. The van der Waals surface area contributed by atoms with E-state index >= 15 is 0 Å². The third-order valence-corrected chi connectivity index (χ3v) is 8.81. The molecule has 0 aromatic heterocycles. The second kappa shape index (κ2) is 5.35. The molecule has 6 atom stereocenters. The Hall–Kier alpha value is -2.05. The van der Waals surface area contributed by atoms with Gasteiger partial charge >= 0.3 is 0 Å². The zero-order chi connectivity index (χ0) is 19.5. The number of hydrogen-bond acceptors (Lipinski definition) is 5. The van der Waals surface area contributed by atoms with Crippen LogP contribution < -0.4 is 14.4 Å². The van der Waals surface area contributed by atoms with Gasteiger partial charge in [-0.05, 0) is 36.9 Å². The van der Waals surface area contributed by atoms with Crippen LogP contribution >= 0.6 is 0 Å². The molecule has 1 saturated carbocycles. The Balaban J connectivity index is 1.52. The van der Waals surface area contributed by atoms with Crippen molar-refractivity contribution in [3.8, 4) is 11.5 Å². The Morgan fingerprint density at radius 2 is 2.03 bits per heavy atom. The number of ether oxygens (including phenoxy) is 3. The van der Waals surface area contributed by atoms with Gasteiger partial charge in [0, 0.05) is 30.0 Å². The van der Waals surface area contributed by atoms with E-state index in [2.05, 4.69) is 21.9 Å². The summed E-state index contributed by atoms with van der Waals surface area (Å²) in [6.45, 7) is 2.80. The number of carbonyl (C=O) groups excluding carboxylic acids is 1. The van der Waals surface area contributed by atoms with Gasteiger partial charge in [0.15, 0.2) is 11.5 Å². The average Bonchev–Trinajstić information content (AvgIpc) is 3.20. The molecular formula is C23H26N2O4. The summed E-state index contributed by atoms with van der Waals surface area (Å²) in [6.07, 6.45) is 5.11. The number of amides is 1. The Morgan fingerprint density at radius 3 is 2.86 bits per heavy atom. The van der Waals surface area contributed by atoms with Crippen LogP contribution in [0.1, 0.15) is 24.8 Å². The van der Waals surface area contributed by atoms with E-state index < -0.39 is 0 Å². The molecule has 0 radical (unpaired) electrons. The number of fused-ring (bicyclic) bond motifs is 2. The maximum Gasteiger partial charge on any atom is 0.229 e. The fraction of sp³-hybridized carbons (Fsp3) is 0.609. The molecule has 6 nitrogen and oxygen atoms in total. The molecular weight excluding hydrogens is 368 g/mol. The highest BCUT2D eigenvalue weighted by atomic mass is 16.5. The topological polar surface area (TPSA) is 51.2 Å². The fourth-order valence-corrected chi connectivity index (χ4v) is 7.87. The van der Waals surface area contributed by atoms with Crippen molar-refractivity contribution in [2.24, 2.45) is 11.8 Å². The maximum absolute atomic E-state index is 13.5. The first-order chi connectivity index (χ1) is 14.2. The zero-order valence-corrected chi connectivity index (χ0v) is 16.9. The summed E-state index contributed by atoms with van der Waals surface area (Å²) in [5, 5.41) is 0. The van der Waals surface area contributed by atoms with Gasteiger partial charge in [0.2, 0.25) is 5.91 Å². The SMILES string of the molecule is COc1cc2c(cc1OC)[C@]13CCN4CC5=CCO[C@@H]6CC(=O)N2[C@@H]1[C@H]6[C@@H]5CC43. The Bertz CT molecular complexity index is 974. The highest BCUT2D eigenvalue weighted by molar-refractivity contribution is 5.99. The Kier molecular flexibility index (Phi) is 3.08. The first-order valence-corrected chi connectivity index (χ1v) is 10.8. The molecule has 2 bridgehead atoms. The van der Waals surface area contributed by atoms with Crippen molar-refractivity contribution in [1.82, 2.24) is 4.90 Å². The molecule has 5 heterocycles. The van der Waals surface area contributed by atoms with Crippen molar-refractivity contribution in [3.63, 3.8) is 0 Å². The lowest BCUT2D eigenvalue weighted by molar-refractivity contribution is -0.132. The number of carbonyl (C=O) groups is 1. The third kappa shape index (κ3) is 1.76. The van der Waals surface area contributed by atoms with Gasteiger partial charge < -0.3 is 19.1 Å². The highest BCUT2D eigenvalue weighted by Gasteiger charge is 2.71. The van der Waals surface area contributed by atoms with Crippen LogP contribution in [0, 0.1) is 11.8 Å². The number of anilines is 1. The third-order valence-electron chi connectivity index (χ3n) is 8.81. The lowest BCUT2D eigenvalue weighted by Gasteiger charge is -2.58. The van der Waals surface area contributed by atoms with E-state index in [4.69, 9.17) is 14.2 Å². The molecule has 7 rings (SSSR count). The summed E-state index contributed by atoms with van der Waals surface area (Å²) in [7, 11) is 3.36. The maximum atomic E-state index is 13.5. The van der Waals surface area contributed by atoms with E-state index in [9.17, 15) is 4.79 Å². The lowest BCUT2D eigenvalue weighted by Crippen LogP contribution is -2.69. The quantitative estimate of drug-likeness (QED) is 0.719. The molecule has 4 fully saturated rings. The molecule has 1 unspecified atom stereocenters. The molecule has 152 valence electrons. The Morgan fingerprint density at radius 1 is 1.21 bits per heavy atom. The van der Waals surface area contributed by atoms with Crippen molar-refractivity contribution >= 4 is 11.6 Å². The van der Waals surface area contributed by atoms with E-state index in [0.717, 1.165) is 30.9 Å². The Labute approximate surface area is 170 Å². The van der Waals surface area contributed by atoms with Gasteiger partial charge in [-0.3, -0.25) is 9.69 Å². The predicted molar refractivity (Wildman–Crippen MR) is 107 cm³/mol. The van der Waals surface area contributed by atoms with Gasteiger partial charge in [-0.15, -0.1) is 0 Å². The molecule has 1 aromatic rings. The van der Waals surface area contributed by atoms with Gasteiger partial charge in [0.25, 0.3) is 0 Å². The summed E-state index contributed by atoms with van der Waals surface area (Å²) in [6, 6.07) is 4.87. The molecule has 1 spiro atoms. The van der Waals surface area contributed by atoms with Gasteiger partial charge in [-0.25, -0.2) is 0 Å². The number of hydrogen-bond donors (Lipinski definition) is 0. The first kappa shape index (κ1) is 16.7. The monoisotopic (exact) mass is 394 g/mol. The van der Waals surface area contributed by atoms with E-state index in [0.29, 0.717) is 36.7 Å². The normalized spacial score (nSPS) is 41.0. The molecule has 3 saturated heterocycles. The predicted octanol–water partition coefficient (Wildman–Crippen LogP) is 2.11. The lowest BCUT2D eigenvalue weighted by atomic mass is 9.53. The van der Waals surface area contributed by atoms with Gasteiger partial charge in [-0.2, -0.15) is 0 Å². The molecule has 1 aliphatic carbocycles. The minimum absolute atomic E-state index is 0.0242. The number of rotatable bonds is 2. The fourth-order valence-electron chi connectivity index (χ4n) is 7.87. The van der Waals surface area contributed by atoms with Crippen LogP contribution in [0.2, 0.25) is 0 Å². The largest absolute Gasteiger partial charge is 0.493 e. The van der Waals surface area contributed by atoms with Crippen LogP contribution in [-0.4, -0.2) is 62.9 Å². The number of piperidine rings is 2. The summed E-state index contributed by atoms with van der Waals surface area (Å²) in [5.41, 5.74) is 3.85. The standard InChI is InChI=1S/C23H26N2O4/c1-27-16-8-14-15(9-17(16)28-2)25-20(26)10-18-21-13-7-19-23(14,22(21)25)4-5-24(19)11-12(13)3-6-29-18/h3,8-9,13,18-19,21-22H,4-7,10-11H2,1-2H3/t13-,18-,19?,21+,22-,23+/m1/s1. The van der Waals surface area contributed by atoms with Crippen molar-refractivity contribution < 1.29 is 19.0 Å². The van der Waals surface area contributed by atoms with Crippen LogP contribution in [0.3, 0.4) is 0 Å². The number of benzene rings is 1. The van der Waals surface area contributed by atoms with Crippen LogP contribution in [0.5, 0.6) is 11.5 Å². The van der Waals surface area contributed by atoms with Crippen molar-refractivity contribution in [2.45, 2.75) is 42.9 Å². The van der Waals surface area contributed by atoms with Crippen LogP contribution in [0.15, 0.2) is 23.8 Å². The summed E-state index contributed by atoms with van der Waals surface area (Å²) < 4.78 is 17.6. The summed E-state index contributed by atoms with van der Waals surface area (Å²) in [5.74, 6) is 2.57. The average molecular weight is 394 g/mol. The van der Waals surface area contributed by atoms with Gasteiger partial charge in [0.1, 0.15) is 0 Å². The molecule has 6 aliphatic rings. The smallest absolute Gasteiger partial charge is 0.229 e. The van der Waals surface area contributed by atoms with Crippen molar-refractivity contribution in [2.75, 3.05) is 38.8 Å². The minimum atomic E-state index is -0.0242. The van der Waals surface area contributed by atoms with E-state index in [1.807, 2.05) is 6.07 Å². The molecule has 6 heteroatoms. The van der Waals surface area contributed by atoms with Gasteiger partial charge in [0.05, 0.1) is 45.1 Å². The molecule has 1 amide bonds. The first-order valence-electron chi connectivity index (χ1n) is 10.8. The highest BCUT2D eigenvalue weighted by Crippen LogP contribution is 2.66. The molecule has 29 heavy (non-hydrogen) atoms. The molecule has 1 aromatic carbocycles. The van der Waals surface area contributed by atoms with Gasteiger partial charge in [-0.1, -0.05) is 11.6 Å². The van der Waals surface area contributed by atoms with Crippen molar-refractivity contribution in [3.05, 3.63) is 29.3 Å². The molecule has 5 aliphatic heterocycles. The zero-order valence-electron chi connectivity index (χ0n) is 16.9. The summed E-state index contributed by atoms with van der Waals surface area (Å²) >= 11 is 0. The van der Waals surface area contributed by atoms with Crippen LogP contribution in [0.4, 0.5) is 5.69 Å². The van der Waals surface area contributed by atoms with Crippen LogP contribution in [0.25, 0.3) is 0 Å². The minimum Gasteiger partial charge on any atom is -0.493 e.